The Bertz CT molecular complexity index is 702. The van der Waals surface area contributed by atoms with Gasteiger partial charge in [0.15, 0.2) is 0 Å². The molecule has 0 unspecified atom stereocenters. The molecule has 0 radical (unpaired) electrons. The molecule has 32 heavy (non-hydrogen) atoms. The van der Waals surface area contributed by atoms with Gasteiger partial charge in [0.2, 0.25) is 0 Å². The summed E-state index contributed by atoms with van der Waals surface area (Å²) in [5.41, 5.74) is -0.931. The summed E-state index contributed by atoms with van der Waals surface area (Å²) < 4.78 is 0. The van der Waals surface area contributed by atoms with Gasteiger partial charge in [0.25, 0.3) is 0 Å². The van der Waals surface area contributed by atoms with E-state index in [4.69, 9.17) is 11.5 Å². The van der Waals surface area contributed by atoms with Gasteiger partial charge in [-0.25, -0.2) is 0 Å². The molecule has 0 rings (SSSR count). The van der Waals surface area contributed by atoms with E-state index >= 15 is 0 Å². The topological polar surface area (TPSA) is 225 Å². The molecule has 0 spiro atoms. The fourth-order valence-corrected chi connectivity index (χ4v) is 2.29. The van der Waals surface area contributed by atoms with Gasteiger partial charge in [0.05, 0.1) is 0 Å². The molecule has 0 saturated heterocycles. The van der Waals surface area contributed by atoms with Crippen LogP contribution >= 0.6 is 0 Å². The van der Waals surface area contributed by atoms with Crippen molar-refractivity contribution in [3.8, 4) is 12.3 Å². The van der Waals surface area contributed by atoms with E-state index in [9.17, 15) is 57.5 Å². The summed E-state index contributed by atoms with van der Waals surface area (Å²) >= 11 is 0. The average molecular weight is 550 g/mol. The van der Waals surface area contributed by atoms with Crippen molar-refractivity contribution in [2.75, 3.05) is 0 Å². The van der Waals surface area contributed by atoms with Crippen molar-refractivity contribution in [2.24, 2.45) is 0 Å². The molecular weight excluding hydrogens is 530 g/mol. The molecule has 0 saturated carbocycles. The van der Waals surface area contributed by atoms with E-state index in [-0.39, 0.29) is 0 Å². The van der Waals surface area contributed by atoms with Crippen molar-refractivity contribution in [1.82, 2.24) is 0 Å². The van der Waals surface area contributed by atoms with Gasteiger partial charge < -0.3 is 5.11 Å². The summed E-state index contributed by atoms with van der Waals surface area (Å²) in [5.74, 6) is 2.16. The Morgan fingerprint density at radius 1 is 0.500 bits per heavy atom. The van der Waals surface area contributed by atoms with Gasteiger partial charge >= 0.3 is 141 Å². The quantitative estimate of drug-likeness (QED) is 0.190. The molecule has 13 nitrogen and oxygen atoms in total. The molecule has 15 heteroatoms. The molecule has 0 heterocycles. The number of carbonyl (C=O) groups is 12. The monoisotopic (exact) mass is 550 g/mol. The van der Waals surface area contributed by atoms with Gasteiger partial charge in [0, 0.05) is 0 Å². The molecule has 1 N–H and O–H groups in total. The molecule has 0 aliphatic rings. The number of carbonyl (C=O) groups excluding carboxylic acids is 12. The first-order valence-corrected chi connectivity index (χ1v) is 14.1. The van der Waals surface area contributed by atoms with Crippen molar-refractivity contribution >= 4 is 62.6 Å². The van der Waals surface area contributed by atoms with E-state index in [0.717, 1.165) is 0 Å². The van der Waals surface area contributed by atoms with E-state index < -0.39 is 89.3 Å². The Balaban J connectivity index is -0.000000422. The van der Waals surface area contributed by atoms with Crippen LogP contribution in [0.15, 0.2) is 0 Å². The Kier molecular flexibility index (Phi) is 9.73. The predicted octanol–water partition coefficient (Wildman–Crippen LogP) is -2.90. The van der Waals surface area contributed by atoms with Gasteiger partial charge in [-0.3, -0.25) is 0 Å². The zero-order valence-corrected chi connectivity index (χ0v) is 18.6. The van der Waals surface area contributed by atoms with Crippen LogP contribution in [0.25, 0.3) is 0 Å². The van der Waals surface area contributed by atoms with Crippen LogP contribution in [0.1, 0.15) is 13.8 Å². The van der Waals surface area contributed by atoms with Crippen molar-refractivity contribution in [1.29, 1.82) is 0 Å². The fourth-order valence-electron chi connectivity index (χ4n) is 0.556. The predicted molar refractivity (Wildman–Crippen MR) is 106 cm³/mol. The Morgan fingerprint density at radius 2 is 0.594 bits per heavy atom. The summed E-state index contributed by atoms with van der Waals surface area (Å²) in [6.45, 7) is 3.12. The summed E-state index contributed by atoms with van der Waals surface area (Å²) in [6.07, 6.45) is 4.81. The van der Waals surface area contributed by atoms with E-state index in [1.807, 2.05) is 0 Å². The van der Waals surface area contributed by atoms with Gasteiger partial charge in [-0.2, -0.15) is 0 Å². The van der Waals surface area contributed by atoms with E-state index in [1.54, 1.807) is 13.8 Å². The third kappa shape index (κ3) is 4.90. The van der Waals surface area contributed by atoms with Crippen LogP contribution < -0.4 is 0 Å². The van der Waals surface area contributed by atoms with E-state index in [0.29, 0.717) is 0 Å². The number of hydrogen-bond donors (Lipinski definition) is 1. The minimum atomic E-state index is -5.95. The molecule has 0 bridgehead atoms. The van der Waals surface area contributed by atoms with Gasteiger partial charge in [-0.1, -0.05) is 5.92 Å². The molecular formula is C17H20Co2O13. The maximum absolute atomic E-state index is 10.5. The Morgan fingerprint density at radius 3 is 0.594 bits per heavy atom. The summed E-state index contributed by atoms with van der Waals surface area (Å²) in [4.78, 5) is 126. The second kappa shape index (κ2) is 9.37. The Labute approximate surface area is 178 Å². The molecule has 0 aromatic heterocycles. The number of hydrogen-bond acceptors (Lipinski definition) is 13. The maximum atomic E-state index is 10.5. The molecule has 0 aromatic carbocycles. The van der Waals surface area contributed by atoms with Crippen molar-refractivity contribution in [3.05, 3.63) is 0 Å². The zero-order valence-electron chi connectivity index (χ0n) is 16.5. The van der Waals surface area contributed by atoms with Gasteiger partial charge in [-0.05, 0) is 13.8 Å². The summed E-state index contributed by atoms with van der Waals surface area (Å²) in [7, 11) is -11.9. The van der Waals surface area contributed by atoms with Gasteiger partial charge in [0.1, 0.15) is 5.60 Å². The van der Waals surface area contributed by atoms with Gasteiger partial charge in [-0.15, -0.1) is 6.42 Å². The number of rotatable bonds is 12. The standard InChI is InChI=1S/C5H8O.12CHO.2Co/c1-4-5(2,3)6;12*1-2;;/h1,6H,2-3H3;12*1H;;. The van der Waals surface area contributed by atoms with Crippen LogP contribution in [0.5, 0.6) is 0 Å². The SMILES string of the molecule is C#CC(C)(C)O.O=[CH][Co]([CH]=O)([CH]=O)([CH]=O)([CH]=O)[CH]=O.O=[CH][Co]([CH]=O)([CH]=O)([CH]=O)([CH]=O)[CH]=O. The summed E-state index contributed by atoms with van der Waals surface area (Å²) in [5, 5.41) is 3.22. The van der Waals surface area contributed by atoms with Crippen LogP contribution in [-0.4, -0.2) is 73.4 Å². The third-order valence-electron chi connectivity index (χ3n) is 3.07. The molecule has 184 valence electrons. The zero-order chi connectivity index (χ0) is 26.5. The first-order valence-electron chi connectivity index (χ1n) is 6.90. The average Bonchev–Trinajstić information content (AvgIpc) is 2.87. The van der Waals surface area contributed by atoms with Crippen LogP contribution in [0, 0.1) is 12.3 Å². The van der Waals surface area contributed by atoms with Crippen molar-refractivity contribution in [2.45, 2.75) is 19.4 Å². The molecule has 0 atom stereocenters. The normalized spacial score (nSPS) is 14.7. The third-order valence-corrected chi connectivity index (χ3v) is 11.6. The summed E-state index contributed by atoms with van der Waals surface area (Å²) in [6, 6.07) is 0. The minimum absolute atomic E-state index is 0.448. The van der Waals surface area contributed by atoms with Crippen LogP contribution in [0.2, 0.25) is 0 Å². The first-order chi connectivity index (χ1) is 14.5. The molecule has 0 fully saturated rings. The fraction of sp³-hybridized carbons (Fsp3) is 0.176. The first kappa shape index (κ1) is 33.2. The number of terminal acetylenes is 1. The van der Waals surface area contributed by atoms with E-state index in [2.05, 4.69) is 5.92 Å². The number of aliphatic hydroxyl groups is 1. The second-order valence-corrected chi connectivity index (χ2v) is 19.3. The van der Waals surface area contributed by atoms with E-state index in [1.165, 1.54) is 0 Å². The van der Waals surface area contributed by atoms with Crippen molar-refractivity contribution < 1.29 is 83.7 Å². The molecule has 0 amide bonds. The van der Waals surface area contributed by atoms with Crippen LogP contribution in [0.3, 0.4) is 0 Å². The van der Waals surface area contributed by atoms with Crippen molar-refractivity contribution in [3.63, 3.8) is 0 Å². The molecule has 0 aliphatic heterocycles. The van der Waals surface area contributed by atoms with Crippen LogP contribution in [-0.2, 0) is 78.6 Å². The Hall–Kier alpha value is -3.43. The molecule has 0 aromatic rings. The molecule has 0 aliphatic carbocycles. The second-order valence-electron chi connectivity index (χ2n) is 5.98. The van der Waals surface area contributed by atoms with Crippen LogP contribution in [0.4, 0.5) is 0 Å².